The van der Waals surface area contributed by atoms with Crippen LogP contribution in [0.1, 0.15) is 43.0 Å². The van der Waals surface area contributed by atoms with Crippen molar-refractivity contribution in [2.24, 2.45) is 0 Å². The molecule has 1 amide bonds. The van der Waals surface area contributed by atoms with Crippen molar-refractivity contribution in [1.29, 1.82) is 0 Å². The number of aryl methyl sites for hydroxylation is 2. The maximum absolute atomic E-state index is 12.5. The lowest BCUT2D eigenvalue weighted by molar-refractivity contribution is 0.151. The summed E-state index contributed by atoms with van der Waals surface area (Å²) in [5.41, 5.74) is 4.21. The summed E-state index contributed by atoms with van der Waals surface area (Å²) in [6.07, 6.45) is 5.45. The molecule has 0 atom stereocenters. The first-order valence-electron chi connectivity index (χ1n) is 8.15. The first kappa shape index (κ1) is 16.3. The normalized spacial score (nSPS) is 14.2. The third kappa shape index (κ3) is 2.84. The molecule has 3 rings (SSSR count). The summed E-state index contributed by atoms with van der Waals surface area (Å²) in [7, 11) is 0. The van der Waals surface area contributed by atoms with E-state index in [9.17, 15) is 4.79 Å². The van der Waals surface area contributed by atoms with Gasteiger partial charge in [0.1, 0.15) is 11.5 Å². The van der Waals surface area contributed by atoms with E-state index in [-0.39, 0.29) is 6.09 Å². The standard InChI is InChI=1S/C17H22BrN3O2/c1-4-5-9-23-17(22)20-8-6-7-14-16(20)21-10-13(18)11(2)12(3)15(21)19-14/h10H,4-9H2,1-3H3. The van der Waals surface area contributed by atoms with Gasteiger partial charge in [-0.2, -0.15) is 0 Å². The Morgan fingerprint density at radius 1 is 1.39 bits per heavy atom. The highest BCUT2D eigenvalue weighted by Gasteiger charge is 2.29. The number of ether oxygens (including phenoxy) is 1. The summed E-state index contributed by atoms with van der Waals surface area (Å²) in [6, 6.07) is 0. The number of halogens is 1. The first-order chi connectivity index (χ1) is 11.0. The van der Waals surface area contributed by atoms with Gasteiger partial charge in [0.15, 0.2) is 0 Å². The van der Waals surface area contributed by atoms with Crippen LogP contribution in [0.2, 0.25) is 0 Å². The third-order valence-corrected chi connectivity index (χ3v) is 5.25. The summed E-state index contributed by atoms with van der Waals surface area (Å²) in [5.74, 6) is 0.858. The van der Waals surface area contributed by atoms with Crippen LogP contribution >= 0.6 is 15.9 Å². The molecule has 0 saturated carbocycles. The van der Waals surface area contributed by atoms with Crippen LogP contribution in [0.25, 0.3) is 5.65 Å². The number of amides is 1. The summed E-state index contributed by atoms with van der Waals surface area (Å²) < 4.78 is 8.45. The number of fused-ring (bicyclic) bond motifs is 3. The van der Waals surface area contributed by atoms with Crippen molar-refractivity contribution in [2.75, 3.05) is 18.1 Å². The number of carbonyl (C=O) groups is 1. The molecule has 0 aromatic carbocycles. The third-order valence-electron chi connectivity index (χ3n) is 4.45. The highest BCUT2D eigenvalue weighted by Crippen LogP contribution is 2.33. The lowest BCUT2D eigenvalue weighted by Crippen LogP contribution is -2.36. The Morgan fingerprint density at radius 2 is 2.17 bits per heavy atom. The number of rotatable bonds is 3. The number of carbonyl (C=O) groups excluding carboxylic acids is 1. The quantitative estimate of drug-likeness (QED) is 0.742. The van der Waals surface area contributed by atoms with Crippen LogP contribution in [-0.2, 0) is 11.2 Å². The van der Waals surface area contributed by atoms with Crippen LogP contribution in [-0.4, -0.2) is 28.6 Å². The monoisotopic (exact) mass is 379 g/mol. The van der Waals surface area contributed by atoms with Gasteiger partial charge in [0, 0.05) is 17.2 Å². The maximum Gasteiger partial charge on any atom is 0.415 e. The molecule has 1 aliphatic heterocycles. The van der Waals surface area contributed by atoms with E-state index >= 15 is 0 Å². The molecule has 0 fully saturated rings. The molecule has 5 nitrogen and oxygen atoms in total. The zero-order chi connectivity index (χ0) is 16.6. The van der Waals surface area contributed by atoms with Crippen molar-refractivity contribution in [2.45, 2.75) is 46.5 Å². The molecule has 2 aromatic rings. The second kappa shape index (κ2) is 6.51. The van der Waals surface area contributed by atoms with Gasteiger partial charge < -0.3 is 4.74 Å². The van der Waals surface area contributed by atoms with Crippen LogP contribution in [0, 0.1) is 13.8 Å². The fourth-order valence-corrected chi connectivity index (χ4v) is 3.44. The van der Waals surface area contributed by atoms with E-state index in [0.717, 1.165) is 52.9 Å². The number of hydrogen-bond acceptors (Lipinski definition) is 3. The first-order valence-corrected chi connectivity index (χ1v) is 8.94. The minimum Gasteiger partial charge on any atom is -0.449 e. The number of anilines is 1. The van der Waals surface area contributed by atoms with Gasteiger partial charge >= 0.3 is 6.09 Å². The molecule has 6 heteroatoms. The summed E-state index contributed by atoms with van der Waals surface area (Å²) in [5, 5.41) is 0. The van der Waals surface area contributed by atoms with E-state index < -0.39 is 0 Å². The number of hydrogen-bond donors (Lipinski definition) is 0. The molecule has 2 aromatic heterocycles. The number of imidazole rings is 1. The van der Waals surface area contributed by atoms with Gasteiger partial charge in [-0.05, 0) is 60.2 Å². The molecule has 23 heavy (non-hydrogen) atoms. The van der Waals surface area contributed by atoms with Gasteiger partial charge in [-0.1, -0.05) is 13.3 Å². The molecule has 124 valence electrons. The van der Waals surface area contributed by atoms with E-state index in [2.05, 4.69) is 36.7 Å². The largest absolute Gasteiger partial charge is 0.449 e. The Balaban J connectivity index is 2.04. The summed E-state index contributed by atoms with van der Waals surface area (Å²) in [4.78, 5) is 19.0. The van der Waals surface area contributed by atoms with Crippen molar-refractivity contribution in [3.05, 3.63) is 27.5 Å². The Morgan fingerprint density at radius 3 is 2.91 bits per heavy atom. The number of pyridine rings is 1. The second-order valence-corrected chi connectivity index (χ2v) is 6.88. The average molecular weight is 380 g/mol. The molecular weight excluding hydrogens is 358 g/mol. The van der Waals surface area contributed by atoms with Crippen molar-refractivity contribution in [3.8, 4) is 0 Å². The van der Waals surface area contributed by atoms with Crippen molar-refractivity contribution < 1.29 is 9.53 Å². The molecule has 0 radical (unpaired) electrons. The Labute approximate surface area is 144 Å². The molecule has 0 spiro atoms. The van der Waals surface area contributed by atoms with E-state index in [0.29, 0.717) is 13.2 Å². The molecule has 3 heterocycles. The summed E-state index contributed by atoms with van der Waals surface area (Å²) in [6.45, 7) is 7.37. The van der Waals surface area contributed by atoms with Gasteiger partial charge in [0.05, 0.1) is 12.3 Å². The minimum atomic E-state index is -0.268. The molecule has 0 N–H and O–H groups in total. The smallest absolute Gasteiger partial charge is 0.415 e. The Hall–Kier alpha value is -1.56. The van der Waals surface area contributed by atoms with E-state index in [1.807, 2.05) is 10.6 Å². The maximum atomic E-state index is 12.5. The predicted molar refractivity (Wildman–Crippen MR) is 94.3 cm³/mol. The highest BCUT2D eigenvalue weighted by molar-refractivity contribution is 9.10. The van der Waals surface area contributed by atoms with E-state index in [4.69, 9.17) is 9.72 Å². The second-order valence-electron chi connectivity index (χ2n) is 6.03. The number of nitrogens with zero attached hydrogens (tertiary/aromatic N) is 3. The van der Waals surface area contributed by atoms with Crippen molar-refractivity contribution in [1.82, 2.24) is 9.38 Å². The lowest BCUT2D eigenvalue weighted by Gasteiger charge is -2.26. The van der Waals surface area contributed by atoms with Gasteiger partial charge in [-0.15, -0.1) is 0 Å². The molecule has 1 aliphatic rings. The van der Waals surface area contributed by atoms with Gasteiger partial charge in [-0.3, -0.25) is 9.30 Å². The number of unbranched alkanes of at least 4 members (excludes halogenated alkanes) is 1. The predicted octanol–water partition coefficient (Wildman–Crippen LogP) is 4.40. The van der Waals surface area contributed by atoms with E-state index in [1.54, 1.807) is 4.90 Å². The van der Waals surface area contributed by atoms with E-state index in [1.165, 1.54) is 5.56 Å². The molecule has 0 bridgehead atoms. The van der Waals surface area contributed by atoms with Crippen LogP contribution in [0.5, 0.6) is 0 Å². The SMILES string of the molecule is CCCCOC(=O)N1CCCc2nc3c(C)c(C)c(Br)cn3c21. The fourth-order valence-electron chi connectivity index (χ4n) is 2.94. The Bertz CT molecular complexity index is 754. The van der Waals surface area contributed by atoms with Crippen LogP contribution < -0.4 is 4.90 Å². The average Bonchev–Trinajstić information content (AvgIpc) is 2.91. The fraction of sp³-hybridized carbons (Fsp3) is 0.529. The lowest BCUT2D eigenvalue weighted by atomic mass is 10.1. The van der Waals surface area contributed by atoms with Crippen LogP contribution in [0.15, 0.2) is 10.7 Å². The molecule has 0 aliphatic carbocycles. The minimum absolute atomic E-state index is 0.268. The zero-order valence-corrected chi connectivity index (χ0v) is 15.4. The molecule has 0 saturated heterocycles. The van der Waals surface area contributed by atoms with Crippen molar-refractivity contribution >= 4 is 33.5 Å². The molecule has 0 unspecified atom stereocenters. The van der Waals surface area contributed by atoms with Gasteiger partial charge in [0.25, 0.3) is 0 Å². The van der Waals surface area contributed by atoms with Gasteiger partial charge in [0.2, 0.25) is 0 Å². The molecular formula is C17H22BrN3O2. The topological polar surface area (TPSA) is 46.8 Å². The Kier molecular flexibility index (Phi) is 4.62. The summed E-state index contributed by atoms with van der Waals surface area (Å²) >= 11 is 3.60. The van der Waals surface area contributed by atoms with Gasteiger partial charge in [-0.25, -0.2) is 9.78 Å². The van der Waals surface area contributed by atoms with Crippen molar-refractivity contribution in [3.63, 3.8) is 0 Å². The highest BCUT2D eigenvalue weighted by atomic mass is 79.9. The number of aromatic nitrogens is 2. The zero-order valence-electron chi connectivity index (χ0n) is 13.9. The van der Waals surface area contributed by atoms with Crippen LogP contribution in [0.3, 0.4) is 0 Å². The van der Waals surface area contributed by atoms with Crippen LogP contribution in [0.4, 0.5) is 10.6 Å².